The number of rotatable bonds is 6. The molecule has 0 aliphatic heterocycles. The van der Waals surface area contributed by atoms with Crippen LogP contribution >= 0.6 is 11.3 Å². The van der Waals surface area contributed by atoms with Crippen molar-refractivity contribution in [1.29, 1.82) is 0 Å². The zero-order chi connectivity index (χ0) is 22.9. The summed E-state index contributed by atoms with van der Waals surface area (Å²) in [5.41, 5.74) is 1.17. The molecule has 31 heavy (non-hydrogen) atoms. The molecule has 164 valence electrons. The predicted octanol–water partition coefficient (Wildman–Crippen LogP) is 1.61. The lowest BCUT2D eigenvalue weighted by Gasteiger charge is -2.24. The first kappa shape index (κ1) is 23.2. The van der Waals surface area contributed by atoms with Gasteiger partial charge >= 0.3 is 0 Å². The molecule has 10 heteroatoms. The molecule has 1 heterocycles. The monoisotopic (exact) mass is 464 g/mol. The van der Waals surface area contributed by atoms with E-state index in [2.05, 4.69) is 28.7 Å². The largest absolute Gasteiger partial charge is 0.396 e. The zero-order valence-corrected chi connectivity index (χ0v) is 18.5. The van der Waals surface area contributed by atoms with E-state index in [1.54, 1.807) is 18.2 Å². The van der Waals surface area contributed by atoms with Crippen molar-refractivity contribution < 1.29 is 27.9 Å². The second-order valence-corrected chi connectivity index (χ2v) is 11.2. The van der Waals surface area contributed by atoms with E-state index in [0.29, 0.717) is 16.1 Å². The molecule has 1 amide bonds. The molecular weight excluding hydrogens is 443 g/mol. The highest BCUT2D eigenvalue weighted by molar-refractivity contribution is 7.92. The number of hydrogen-bond acceptors (Lipinski definition) is 7. The minimum absolute atomic E-state index is 0.0416. The van der Waals surface area contributed by atoms with Crippen LogP contribution in [0.2, 0.25) is 0 Å². The number of aromatic nitrogens is 1. The van der Waals surface area contributed by atoms with Gasteiger partial charge in [-0.3, -0.25) is 10.0 Å². The molecular formula is C21H21FN2O5S2. The zero-order valence-electron chi connectivity index (χ0n) is 16.9. The Balaban J connectivity index is 1.74. The molecule has 0 saturated heterocycles. The van der Waals surface area contributed by atoms with Crippen LogP contribution in [0.25, 0.3) is 10.2 Å². The number of carbonyl (C=O) groups excluding carboxylic acids is 1. The normalized spacial score (nSPS) is 21.9. The maximum atomic E-state index is 13.9. The molecule has 3 N–H and O–H groups in total. The summed E-state index contributed by atoms with van der Waals surface area (Å²) in [6.45, 7) is 1.04. The Morgan fingerprint density at radius 2 is 2.19 bits per heavy atom. The van der Waals surface area contributed by atoms with Crippen LogP contribution in [0.15, 0.2) is 18.2 Å². The number of thiazole rings is 1. The van der Waals surface area contributed by atoms with Crippen molar-refractivity contribution in [3.05, 3.63) is 28.8 Å². The number of fused-ring (bicyclic) bond motifs is 1. The average Bonchev–Trinajstić information content (AvgIpc) is 3.20. The van der Waals surface area contributed by atoms with E-state index in [0.717, 1.165) is 11.0 Å². The second-order valence-electron chi connectivity index (χ2n) is 7.68. The van der Waals surface area contributed by atoms with Crippen LogP contribution < -0.4 is 5.48 Å². The van der Waals surface area contributed by atoms with Gasteiger partial charge in [0.25, 0.3) is 5.91 Å². The number of nitrogens with zero attached hydrogens (tertiary/aromatic N) is 1. The summed E-state index contributed by atoms with van der Waals surface area (Å²) in [4.78, 5) is 16.4. The number of aryl methyl sites for hydroxylation is 1. The van der Waals surface area contributed by atoms with Crippen molar-refractivity contribution >= 4 is 37.3 Å². The van der Waals surface area contributed by atoms with Crippen molar-refractivity contribution in [2.24, 2.45) is 5.92 Å². The molecule has 3 atom stereocenters. The predicted molar refractivity (Wildman–Crippen MR) is 115 cm³/mol. The van der Waals surface area contributed by atoms with Crippen molar-refractivity contribution in [2.75, 3.05) is 12.9 Å². The lowest BCUT2D eigenvalue weighted by Crippen LogP contribution is -2.49. The first-order chi connectivity index (χ1) is 14.5. The Morgan fingerprint density at radius 1 is 1.45 bits per heavy atom. The summed E-state index contributed by atoms with van der Waals surface area (Å²) in [6, 6.07) is 5.32. The van der Waals surface area contributed by atoms with Gasteiger partial charge in [-0.25, -0.2) is 23.3 Å². The summed E-state index contributed by atoms with van der Waals surface area (Å²) in [5, 5.41) is 18.5. The summed E-state index contributed by atoms with van der Waals surface area (Å²) in [7, 11) is -3.77. The van der Waals surface area contributed by atoms with Crippen LogP contribution in [-0.2, 0) is 21.1 Å². The molecule has 1 fully saturated rings. The minimum Gasteiger partial charge on any atom is -0.396 e. The number of alkyl halides is 1. The number of halogens is 1. The van der Waals surface area contributed by atoms with Gasteiger partial charge in [-0.15, -0.1) is 11.3 Å². The van der Waals surface area contributed by atoms with Gasteiger partial charge in [0.2, 0.25) is 0 Å². The van der Waals surface area contributed by atoms with Crippen molar-refractivity contribution in [3.8, 4) is 23.7 Å². The Kier molecular flexibility index (Phi) is 6.40. The van der Waals surface area contributed by atoms with E-state index in [1.165, 1.54) is 23.7 Å². The topological polar surface area (TPSA) is 117 Å². The number of hydroxylamine groups is 1. The third kappa shape index (κ3) is 4.89. The molecule has 1 saturated carbocycles. The van der Waals surface area contributed by atoms with Crippen LogP contribution in [0.4, 0.5) is 4.39 Å². The van der Waals surface area contributed by atoms with Gasteiger partial charge in [0.05, 0.1) is 21.8 Å². The number of sulfone groups is 1. The number of nitrogens with one attached hydrogen (secondary N) is 1. The van der Waals surface area contributed by atoms with Gasteiger partial charge < -0.3 is 5.11 Å². The molecule has 2 aromatic rings. The molecule has 0 spiro atoms. The van der Waals surface area contributed by atoms with Gasteiger partial charge in [-0.05, 0) is 49.3 Å². The van der Waals surface area contributed by atoms with Crippen LogP contribution in [0, 0.1) is 29.6 Å². The first-order valence-corrected chi connectivity index (χ1v) is 12.1. The van der Waals surface area contributed by atoms with Crippen LogP contribution in [0.3, 0.4) is 0 Å². The average molecular weight is 465 g/mol. The maximum absolute atomic E-state index is 13.9. The standard InChI is InChI=1S/C21H21FN2O5S2/c1-20(19(26)24-27,31(2,28)29)10-8-18-23-16-7-6-14(11-17(16)30-18)5-3-4-9-21(22)12-15(21)13-25/h6-7,11,15,25,27H,8,10,12-13H2,1-2H3,(H,24,26)/t15-,20?,21-/m1/s1. The fourth-order valence-electron chi connectivity index (χ4n) is 2.99. The van der Waals surface area contributed by atoms with Gasteiger partial charge in [0.1, 0.15) is 4.75 Å². The fraction of sp³-hybridized carbons (Fsp3) is 0.429. The summed E-state index contributed by atoms with van der Waals surface area (Å²) in [5.74, 6) is 8.98. The Morgan fingerprint density at radius 3 is 2.81 bits per heavy atom. The number of aliphatic hydroxyl groups is 1. The van der Waals surface area contributed by atoms with Gasteiger partial charge in [0.15, 0.2) is 15.5 Å². The molecule has 1 aromatic carbocycles. The summed E-state index contributed by atoms with van der Waals surface area (Å²) < 4.78 is 37.1. The Labute approximate surface area is 183 Å². The quantitative estimate of drug-likeness (QED) is 0.340. The molecule has 7 nitrogen and oxygen atoms in total. The number of aliphatic hydroxyl groups excluding tert-OH is 1. The molecule has 1 unspecified atom stereocenters. The highest BCUT2D eigenvalue weighted by atomic mass is 32.2. The number of amides is 1. The molecule has 1 aliphatic carbocycles. The number of benzene rings is 1. The summed E-state index contributed by atoms with van der Waals surface area (Å²) >= 11 is 1.35. The molecule has 1 aromatic heterocycles. The van der Waals surface area contributed by atoms with Crippen LogP contribution in [-0.4, -0.2) is 52.9 Å². The van der Waals surface area contributed by atoms with E-state index in [9.17, 15) is 17.6 Å². The van der Waals surface area contributed by atoms with E-state index < -0.39 is 32.1 Å². The maximum Gasteiger partial charge on any atom is 0.264 e. The van der Waals surface area contributed by atoms with Crippen molar-refractivity contribution in [3.63, 3.8) is 0 Å². The summed E-state index contributed by atoms with van der Waals surface area (Å²) in [6.07, 6.45) is 1.37. The van der Waals surface area contributed by atoms with E-state index in [1.807, 2.05) is 0 Å². The third-order valence-electron chi connectivity index (χ3n) is 5.44. The lowest BCUT2D eigenvalue weighted by molar-refractivity contribution is -0.131. The molecule has 3 rings (SSSR count). The Bertz CT molecular complexity index is 1250. The van der Waals surface area contributed by atoms with Crippen LogP contribution in [0.1, 0.15) is 30.3 Å². The van der Waals surface area contributed by atoms with Crippen molar-refractivity contribution in [2.45, 2.75) is 36.6 Å². The van der Waals surface area contributed by atoms with Gasteiger partial charge in [-0.2, -0.15) is 0 Å². The Hall–Kier alpha value is -2.50. The van der Waals surface area contributed by atoms with Crippen molar-refractivity contribution in [1.82, 2.24) is 10.5 Å². The lowest BCUT2D eigenvalue weighted by atomic mass is 10.0. The highest BCUT2D eigenvalue weighted by Crippen LogP contribution is 2.46. The van der Waals surface area contributed by atoms with Crippen LogP contribution in [0.5, 0.6) is 0 Å². The van der Waals surface area contributed by atoms with Gasteiger partial charge in [0, 0.05) is 30.6 Å². The SMILES string of the molecule is CC(CCc1nc2ccc(C#CC#C[C@@]3(F)C[C@@H]3CO)cc2s1)(C(=O)NO)S(C)(=O)=O. The first-order valence-electron chi connectivity index (χ1n) is 9.39. The third-order valence-corrected chi connectivity index (χ3v) is 8.54. The van der Waals surface area contributed by atoms with E-state index >= 15 is 0 Å². The van der Waals surface area contributed by atoms with E-state index in [4.69, 9.17) is 10.3 Å². The number of hydrogen-bond donors (Lipinski definition) is 3. The van der Waals surface area contributed by atoms with Gasteiger partial charge in [-0.1, -0.05) is 5.92 Å². The molecule has 0 radical (unpaired) electrons. The highest BCUT2D eigenvalue weighted by Gasteiger charge is 2.54. The minimum atomic E-state index is -3.77. The van der Waals surface area contributed by atoms with E-state index in [-0.39, 0.29) is 25.9 Å². The number of carbonyl (C=O) groups is 1. The molecule has 0 bridgehead atoms. The fourth-order valence-corrected chi connectivity index (χ4v) is 4.85. The second kappa shape index (κ2) is 8.56. The smallest absolute Gasteiger partial charge is 0.264 e. The molecule has 1 aliphatic rings.